The van der Waals surface area contributed by atoms with E-state index in [4.69, 9.17) is 0 Å². The quantitative estimate of drug-likeness (QED) is 0.275. The average Bonchev–Trinajstić information content (AvgIpc) is 2.71. The van der Waals surface area contributed by atoms with E-state index < -0.39 is 73.5 Å². The third-order valence-corrected chi connectivity index (χ3v) is 6.20. The van der Waals surface area contributed by atoms with Crippen LogP contribution in [-0.4, -0.2) is 31.8 Å². The van der Waals surface area contributed by atoms with Gasteiger partial charge in [0, 0.05) is 13.1 Å². The maximum Gasteiger partial charge on any atom is 0.338 e. The molecule has 0 radical (unpaired) electrons. The number of carbonyl (C=O) groups is 1. The van der Waals surface area contributed by atoms with Crippen LogP contribution in [0.4, 0.5) is 26.3 Å². The summed E-state index contributed by atoms with van der Waals surface area (Å²) in [5.74, 6) is -13.7. The molecule has 0 N–H and O–H groups in total. The normalized spacial score (nSPS) is 11.8. The van der Waals surface area contributed by atoms with E-state index in [1.165, 1.54) is 13.8 Å². The Morgan fingerprint density at radius 1 is 0.900 bits per heavy atom. The first kappa shape index (κ1) is 23.7. The first-order valence-corrected chi connectivity index (χ1v) is 9.88. The van der Waals surface area contributed by atoms with Gasteiger partial charge in [0.25, 0.3) is 0 Å². The monoisotopic (exact) mass is 455 g/mol. The first-order valence-electron chi connectivity index (χ1n) is 8.44. The van der Waals surface area contributed by atoms with Crippen LogP contribution in [0.5, 0.6) is 0 Å². The summed E-state index contributed by atoms with van der Waals surface area (Å²) in [6.45, 7) is 1.74. The number of rotatable bonds is 7. The van der Waals surface area contributed by atoms with Crippen LogP contribution in [-0.2, 0) is 21.4 Å². The van der Waals surface area contributed by atoms with Gasteiger partial charge in [-0.1, -0.05) is 13.8 Å². The summed E-state index contributed by atoms with van der Waals surface area (Å²) in [6.07, 6.45) is 0. The lowest BCUT2D eigenvalue weighted by Crippen LogP contribution is -2.31. The molecule has 2 rings (SSSR count). The lowest BCUT2D eigenvalue weighted by atomic mass is 10.1. The Morgan fingerprint density at radius 2 is 1.40 bits per heavy atom. The van der Waals surface area contributed by atoms with E-state index in [9.17, 15) is 39.6 Å². The lowest BCUT2D eigenvalue weighted by molar-refractivity contribution is 0.0461. The molecular formula is C18H15F6NO4S. The van der Waals surface area contributed by atoms with E-state index in [0.29, 0.717) is 12.1 Å². The summed E-state index contributed by atoms with van der Waals surface area (Å²) in [6, 6.07) is 2.17. The molecule has 5 nitrogen and oxygen atoms in total. The third-order valence-electron chi connectivity index (χ3n) is 4.14. The van der Waals surface area contributed by atoms with E-state index >= 15 is 0 Å². The van der Waals surface area contributed by atoms with Crippen molar-refractivity contribution in [2.45, 2.75) is 25.3 Å². The zero-order valence-electron chi connectivity index (χ0n) is 15.6. The van der Waals surface area contributed by atoms with Gasteiger partial charge in [-0.15, -0.1) is 0 Å². The Balaban J connectivity index is 2.34. The molecule has 0 spiro atoms. The number of halogens is 6. The molecule has 0 fully saturated rings. The Bertz CT molecular complexity index is 1060. The topological polar surface area (TPSA) is 63.7 Å². The number of sulfonamides is 1. The molecule has 164 valence electrons. The molecule has 2 aromatic rings. The summed E-state index contributed by atoms with van der Waals surface area (Å²) in [4.78, 5) is 11.3. The van der Waals surface area contributed by atoms with Crippen LogP contribution in [0.3, 0.4) is 0 Å². The Hall–Kier alpha value is -2.60. The number of nitrogens with zero attached hydrogens (tertiary/aromatic N) is 1. The van der Waals surface area contributed by atoms with E-state index in [0.717, 1.165) is 10.4 Å². The lowest BCUT2D eigenvalue weighted by Gasteiger charge is -2.19. The van der Waals surface area contributed by atoms with Gasteiger partial charge in [0.05, 0.1) is 11.1 Å². The number of carbonyl (C=O) groups excluding carboxylic acids is 1. The maximum atomic E-state index is 14.1. The molecule has 0 atom stereocenters. The second-order valence-electron chi connectivity index (χ2n) is 5.86. The highest BCUT2D eigenvalue weighted by Crippen LogP contribution is 2.25. The Labute approximate surface area is 167 Å². The maximum absolute atomic E-state index is 14.1. The summed E-state index contributed by atoms with van der Waals surface area (Å²) >= 11 is 0. The number of hydrogen-bond donors (Lipinski definition) is 0. The number of ether oxygens (including phenoxy) is 1. The van der Waals surface area contributed by atoms with Gasteiger partial charge in [0.15, 0.2) is 23.3 Å². The molecule has 0 saturated heterocycles. The smallest absolute Gasteiger partial charge is 0.338 e. The van der Waals surface area contributed by atoms with E-state index in [2.05, 4.69) is 4.74 Å². The van der Waals surface area contributed by atoms with Gasteiger partial charge in [0.2, 0.25) is 15.8 Å². The molecule has 0 saturated carbocycles. The van der Waals surface area contributed by atoms with Gasteiger partial charge in [-0.25, -0.2) is 39.6 Å². The SMILES string of the molecule is CCN(CC)S(=O)(=O)c1cc(C(=O)OCc2c(F)c(F)c(F)c(F)c2F)ccc1F. The van der Waals surface area contributed by atoms with Crippen molar-refractivity contribution in [1.82, 2.24) is 4.31 Å². The van der Waals surface area contributed by atoms with Crippen molar-refractivity contribution in [1.29, 1.82) is 0 Å². The number of benzene rings is 2. The molecule has 0 aliphatic carbocycles. The highest BCUT2D eigenvalue weighted by Gasteiger charge is 2.28. The summed E-state index contributed by atoms with van der Waals surface area (Å²) in [7, 11) is -4.29. The van der Waals surface area contributed by atoms with Crippen molar-refractivity contribution in [2.75, 3.05) is 13.1 Å². The van der Waals surface area contributed by atoms with Crippen molar-refractivity contribution < 1.29 is 44.3 Å². The third kappa shape index (κ3) is 4.29. The van der Waals surface area contributed by atoms with Gasteiger partial charge < -0.3 is 4.74 Å². The molecule has 12 heteroatoms. The molecular weight excluding hydrogens is 440 g/mol. The van der Waals surface area contributed by atoms with Crippen molar-refractivity contribution >= 4 is 16.0 Å². The van der Waals surface area contributed by atoms with Gasteiger partial charge >= 0.3 is 5.97 Å². The minimum Gasteiger partial charge on any atom is -0.457 e. The van der Waals surface area contributed by atoms with Crippen molar-refractivity contribution in [2.24, 2.45) is 0 Å². The fourth-order valence-corrected chi connectivity index (χ4v) is 4.08. The molecule has 30 heavy (non-hydrogen) atoms. The van der Waals surface area contributed by atoms with E-state index in [-0.39, 0.29) is 13.1 Å². The molecule has 0 aromatic heterocycles. The Kier molecular flexibility index (Phi) is 7.14. The fourth-order valence-electron chi connectivity index (χ4n) is 2.53. The number of hydrogen-bond acceptors (Lipinski definition) is 4. The molecule has 0 bridgehead atoms. The second-order valence-corrected chi connectivity index (χ2v) is 7.77. The van der Waals surface area contributed by atoms with Crippen LogP contribution in [0.1, 0.15) is 29.8 Å². The molecule has 0 amide bonds. The van der Waals surface area contributed by atoms with Crippen molar-refractivity contribution in [3.63, 3.8) is 0 Å². The second kappa shape index (κ2) is 9.04. The highest BCUT2D eigenvalue weighted by molar-refractivity contribution is 7.89. The first-order chi connectivity index (χ1) is 14.0. The summed E-state index contributed by atoms with van der Waals surface area (Å²) in [5.41, 5.74) is -1.90. The zero-order valence-corrected chi connectivity index (χ0v) is 16.4. The highest BCUT2D eigenvalue weighted by atomic mass is 32.2. The van der Waals surface area contributed by atoms with Gasteiger partial charge in [-0.3, -0.25) is 0 Å². The molecule has 0 aliphatic heterocycles. The summed E-state index contributed by atoms with van der Waals surface area (Å²) in [5, 5.41) is 0. The van der Waals surface area contributed by atoms with E-state index in [1.807, 2.05) is 0 Å². The van der Waals surface area contributed by atoms with Crippen molar-refractivity contribution in [3.8, 4) is 0 Å². The zero-order chi connectivity index (χ0) is 22.8. The molecule has 2 aromatic carbocycles. The van der Waals surface area contributed by atoms with Crippen LogP contribution in [0.15, 0.2) is 23.1 Å². The van der Waals surface area contributed by atoms with Gasteiger partial charge in [-0.2, -0.15) is 4.31 Å². The van der Waals surface area contributed by atoms with Gasteiger partial charge in [0.1, 0.15) is 17.3 Å². The summed E-state index contributed by atoms with van der Waals surface area (Å²) < 4.78 is 111. The fraction of sp³-hybridized carbons (Fsp3) is 0.278. The van der Waals surface area contributed by atoms with Crippen LogP contribution >= 0.6 is 0 Å². The van der Waals surface area contributed by atoms with Crippen LogP contribution in [0.2, 0.25) is 0 Å². The Morgan fingerprint density at radius 3 is 1.90 bits per heavy atom. The molecule has 0 unspecified atom stereocenters. The minimum absolute atomic E-state index is 0.0210. The standard InChI is InChI=1S/C18H15F6NO4S/c1-3-25(4-2)30(27,28)12-7-9(5-6-11(12)19)18(26)29-8-10-13(20)15(22)17(24)16(23)14(10)21/h5-7H,3-4,8H2,1-2H3. The van der Waals surface area contributed by atoms with Crippen LogP contribution < -0.4 is 0 Å². The predicted molar refractivity (Wildman–Crippen MR) is 91.9 cm³/mol. The minimum atomic E-state index is -4.29. The number of esters is 1. The van der Waals surface area contributed by atoms with Crippen LogP contribution in [0.25, 0.3) is 0 Å². The average molecular weight is 455 g/mol. The van der Waals surface area contributed by atoms with Crippen LogP contribution in [0, 0.1) is 34.9 Å². The van der Waals surface area contributed by atoms with Crippen molar-refractivity contribution in [3.05, 3.63) is 64.2 Å². The largest absolute Gasteiger partial charge is 0.457 e. The molecule has 0 aliphatic rings. The predicted octanol–water partition coefficient (Wildman–Crippen LogP) is 3.91. The van der Waals surface area contributed by atoms with E-state index in [1.54, 1.807) is 0 Å². The molecule has 0 heterocycles. The van der Waals surface area contributed by atoms with Gasteiger partial charge in [-0.05, 0) is 18.2 Å².